The van der Waals surface area contributed by atoms with E-state index >= 15 is 0 Å². The zero-order chi connectivity index (χ0) is 18.0. The van der Waals surface area contributed by atoms with Gasteiger partial charge in [0.05, 0.1) is 21.7 Å². The monoisotopic (exact) mass is 373 g/mol. The average Bonchev–Trinajstić information content (AvgIpc) is 3.40. The number of amides is 2. The predicted molar refractivity (Wildman–Crippen MR) is 96.5 cm³/mol. The molecular formula is C18H13Cl2N3O2. The van der Waals surface area contributed by atoms with Gasteiger partial charge < -0.3 is 10.6 Å². The number of hydrogen-bond donors (Lipinski definition) is 2. The van der Waals surface area contributed by atoms with E-state index in [1.807, 2.05) is 6.07 Å². The Morgan fingerprint density at radius 2 is 1.60 bits per heavy atom. The van der Waals surface area contributed by atoms with Gasteiger partial charge in [-0.15, -0.1) is 0 Å². The minimum Gasteiger partial charge on any atom is -0.325 e. The molecule has 0 saturated heterocycles. The van der Waals surface area contributed by atoms with Gasteiger partial charge in [0, 0.05) is 11.4 Å². The highest BCUT2D eigenvalue weighted by molar-refractivity contribution is 6.42. The van der Waals surface area contributed by atoms with Crippen LogP contribution in [0.5, 0.6) is 0 Å². The van der Waals surface area contributed by atoms with Crippen LogP contribution in [0.15, 0.2) is 42.5 Å². The number of halogens is 2. The molecule has 126 valence electrons. The number of nitriles is 1. The van der Waals surface area contributed by atoms with Gasteiger partial charge in [-0.25, -0.2) is 0 Å². The largest absolute Gasteiger partial charge is 0.325 e. The van der Waals surface area contributed by atoms with Gasteiger partial charge in [0.15, 0.2) is 0 Å². The lowest BCUT2D eigenvalue weighted by atomic mass is 10.0. The summed E-state index contributed by atoms with van der Waals surface area (Å²) in [5.74, 6) is -0.778. The molecule has 0 unspecified atom stereocenters. The molecule has 2 aromatic carbocycles. The Hall–Kier alpha value is -2.55. The van der Waals surface area contributed by atoms with Crippen LogP contribution in [-0.4, -0.2) is 11.8 Å². The molecule has 0 aliphatic heterocycles. The second kappa shape index (κ2) is 6.75. The zero-order valence-electron chi connectivity index (χ0n) is 13.0. The molecule has 1 aliphatic carbocycles. The van der Waals surface area contributed by atoms with Crippen LogP contribution in [0.2, 0.25) is 10.0 Å². The lowest BCUT2D eigenvalue weighted by molar-refractivity contribution is -0.131. The molecule has 2 aromatic rings. The molecule has 0 bridgehead atoms. The van der Waals surface area contributed by atoms with Crippen molar-refractivity contribution >= 4 is 46.4 Å². The highest BCUT2D eigenvalue weighted by Gasteiger charge is 2.56. The Bertz CT molecular complexity index is 901. The van der Waals surface area contributed by atoms with Gasteiger partial charge in [-0.2, -0.15) is 5.26 Å². The standard InChI is InChI=1S/C18H13Cl2N3O2/c19-14-5-4-13(9-15(14)20)23-17(25)18(6-7-18)16(24)22-12-3-1-2-11(8-12)10-21/h1-5,8-9H,6-7H2,(H,22,24)(H,23,25). The minimum absolute atomic E-state index is 0.321. The summed E-state index contributed by atoms with van der Waals surface area (Å²) < 4.78 is 0. The summed E-state index contributed by atoms with van der Waals surface area (Å²) in [5, 5.41) is 15.0. The second-order valence-corrected chi connectivity index (χ2v) is 6.63. The van der Waals surface area contributed by atoms with Crippen molar-refractivity contribution in [2.45, 2.75) is 12.8 Å². The summed E-state index contributed by atoms with van der Waals surface area (Å²) in [6.45, 7) is 0. The third-order valence-electron chi connectivity index (χ3n) is 4.05. The molecule has 2 N–H and O–H groups in total. The Morgan fingerprint density at radius 1 is 0.960 bits per heavy atom. The van der Waals surface area contributed by atoms with E-state index in [1.54, 1.807) is 36.4 Å². The molecule has 1 fully saturated rings. The SMILES string of the molecule is N#Cc1cccc(NC(=O)C2(C(=O)Nc3ccc(Cl)c(Cl)c3)CC2)c1. The topological polar surface area (TPSA) is 82.0 Å². The first-order valence-electron chi connectivity index (χ1n) is 7.53. The molecule has 7 heteroatoms. The molecule has 0 aromatic heterocycles. The number of nitrogens with zero attached hydrogens (tertiary/aromatic N) is 1. The van der Waals surface area contributed by atoms with E-state index in [0.717, 1.165) is 0 Å². The zero-order valence-corrected chi connectivity index (χ0v) is 14.5. The minimum atomic E-state index is -1.10. The van der Waals surface area contributed by atoms with Crippen molar-refractivity contribution in [1.29, 1.82) is 5.26 Å². The van der Waals surface area contributed by atoms with Gasteiger partial charge in [-0.3, -0.25) is 9.59 Å². The van der Waals surface area contributed by atoms with Gasteiger partial charge in [-0.1, -0.05) is 29.3 Å². The quantitative estimate of drug-likeness (QED) is 0.786. The Labute approximate surface area is 154 Å². The summed E-state index contributed by atoms with van der Waals surface area (Å²) in [5.41, 5.74) is 0.292. The smallest absolute Gasteiger partial charge is 0.240 e. The number of carbonyl (C=O) groups is 2. The van der Waals surface area contributed by atoms with Crippen molar-refractivity contribution in [1.82, 2.24) is 0 Å². The van der Waals surface area contributed by atoms with Crippen molar-refractivity contribution in [3.05, 3.63) is 58.1 Å². The van der Waals surface area contributed by atoms with Gasteiger partial charge in [0.2, 0.25) is 11.8 Å². The number of anilines is 2. The summed E-state index contributed by atoms with van der Waals surface area (Å²) in [7, 11) is 0. The van der Waals surface area contributed by atoms with Gasteiger partial charge >= 0.3 is 0 Å². The summed E-state index contributed by atoms with van der Waals surface area (Å²) in [6, 6.07) is 13.3. The van der Waals surface area contributed by atoms with Crippen LogP contribution in [0.1, 0.15) is 18.4 Å². The van der Waals surface area contributed by atoms with E-state index < -0.39 is 5.41 Å². The van der Waals surface area contributed by atoms with Gasteiger partial charge in [0.25, 0.3) is 0 Å². The molecule has 0 radical (unpaired) electrons. The van der Waals surface area contributed by atoms with Crippen LogP contribution >= 0.6 is 23.2 Å². The predicted octanol–water partition coefficient (Wildman–Crippen LogP) is 4.22. The fourth-order valence-corrected chi connectivity index (χ4v) is 2.72. The highest BCUT2D eigenvalue weighted by atomic mass is 35.5. The maximum Gasteiger partial charge on any atom is 0.240 e. The first-order valence-corrected chi connectivity index (χ1v) is 8.28. The van der Waals surface area contributed by atoms with Crippen LogP contribution in [0.4, 0.5) is 11.4 Å². The maximum atomic E-state index is 12.5. The number of hydrogen-bond acceptors (Lipinski definition) is 3. The maximum absolute atomic E-state index is 12.5. The van der Waals surface area contributed by atoms with Crippen LogP contribution in [-0.2, 0) is 9.59 Å². The lowest BCUT2D eigenvalue weighted by Gasteiger charge is -2.16. The normalized spacial score (nSPS) is 14.3. The molecule has 1 aliphatic rings. The van der Waals surface area contributed by atoms with E-state index in [0.29, 0.717) is 39.8 Å². The molecule has 25 heavy (non-hydrogen) atoms. The summed E-state index contributed by atoms with van der Waals surface area (Å²) in [6.07, 6.45) is 0.924. The van der Waals surface area contributed by atoms with E-state index in [-0.39, 0.29) is 11.8 Å². The van der Waals surface area contributed by atoms with Crippen molar-refractivity contribution < 1.29 is 9.59 Å². The summed E-state index contributed by atoms with van der Waals surface area (Å²) >= 11 is 11.8. The Kier molecular flexibility index (Phi) is 4.67. The fraction of sp³-hybridized carbons (Fsp3) is 0.167. The van der Waals surface area contributed by atoms with E-state index in [9.17, 15) is 9.59 Å². The molecule has 5 nitrogen and oxygen atoms in total. The number of carbonyl (C=O) groups excluding carboxylic acids is 2. The van der Waals surface area contributed by atoms with Crippen LogP contribution in [0.25, 0.3) is 0 Å². The van der Waals surface area contributed by atoms with Crippen molar-refractivity contribution in [3.8, 4) is 6.07 Å². The third-order valence-corrected chi connectivity index (χ3v) is 4.79. The second-order valence-electron chi connectivity index (χ2n) is 5.81. The fourth-order valence-electron chi connectivity index (χ4n) is 2.42. The molecule has 0 atom stereocenters. The number of nitrogens with one attached hydrogen (secondary N) is 2. The van der Waals surface area contributed by atoms with Gasteiger partial charge in [-0.05, 0) is 49.2 Å². The molecular weight excluding hydrogens is 361 g/mol. The molecule has 2 amide bonds. The highest BCUT2D eigenvalue weighted by Crippen LogP contribution is 2.47. The van der Waals surface area contributed by atoms with Crippen molar-refractivity contribution in [2.75, 3.05) is 10.6 Å². The van der Waals surface area contributed by atoms with Crippen molar-refractivity contribution in [3.63, 3.8) is 0 Å². The molecule has 0 heterocycles. The molecule has 0 spiro atoms. The number of benzene rings is 2. The number of rotatable bonds is 4. The Balaban J connectivity index is 1.72. The van der Waals surface area contributed by atoms with E-state index in [2.05, 4.69) is 10.6 Å². The lowest BCUT2D eigenvalue weighted by Crippen LogP contribution is -2.35. The van der Waals surface area contributed by atoms with Gasteiger partial charge in [0.1, 0.15) is 5.41 Å². The van der Waals surface area contributed by atoms with Crippen molar-refractivity contribution in [2.24, 2.45) is 5.41 Å². The van der Waals surface area contributed by atoms with Crippen LogP contribution in [0, 0.1) is 16.7 Å². The van der Waals surface area contributed by atoms with Crippen LogP contribution < -0.4 is 10.6 Å². The van der Waals surface area contributed by atoms with Crippen LogP contribution in [0.3, 0.4) is 0 Å². The average molecular weight is 374 g/mol. The molecule has 3 rings (SSSR count). The van der Waals surface area contributed by atoms with E-state index in [1.165, 1.54) is 6.07 Å². The summed E-state index contributed by atoms with van der Waals surface area (Å²) in [4.78, 5) is 25.1. The Morgan fingerprint density at radius 3 is 2.16 bits per heavy atom. The first-order chi connectivity index (χ1) is 11.9. The van der Waals surface area contributed by atoms with E-state index in [4.69, 9.17) is 28.5 Å². The third kappa shape index (κ3) is 3.60. The molecule has 1 saturated carbocycles. The first kappa shape index (κ1) is 17.3.